The Morgan fingerprint density at radius 3 is 3.06 bits per heavy atom. The zero-order chi connectivity index (χ0) is 12.5. The van der Waals surface area contributed by atoms with E-state index >= 15 is 0 Å². The fourth-order valence-corrected chi connectivity index (χ4v) is 4.53. The van der Waals surface area contributed by atoms with Crippen molar-refractivity contribution in [2.45, 2.75) is 42.7 Å². The van der Waals surface area contributed by atoms with Gasteiger partial charge in [0.2, 0.25) is 0 Å². The van der Waals surface area contributed by atoms with Crippen LogP contribution in [0, 0.1) is 16.7 Å². The molecule has 0 saturated heterocycles. The Morgan fingerprint density at radius 1 is 1.59 bits per heavy atom. The molecule has 4 heteroatoms. The number of fused-ring (bicyclic) bond motifs is 1. The molecule has 1 unspecified atom stereocenters. The second-order valence-corrected chi connectivity index (χ2v) is 7.88. The van der Waals surface area contributed by atoms with Crippen molar-refractivity contribution in [2.24, 2.45) is 5.41 Å². The molecule has 2 heterocycles. The number of thioether (sulfide) groups is 1. The first-order chi connectivity index (χ1) is 8.02. The molecule has 1 aromatic rings. The summed E-state index contributed by atoms with van der Waals surface area (Å²) in [6, 6.07) is 4.98. The van der Waals surface area contributed by atoms with Gasteiger partial charge in [-0.15, -0.1) is 23.1 Å². The summed E-state index contributed by atoms with van der Waals surface area (Å²) < 4.78 is 1.44. The Labute approximate surface area is 111 Å². The fourth-order valence-electron chi connectivity index (χ4n) is 1.96. The lowest BCUT2D eigenvalue weighted by atomic mass is 9.94. The largest absolute Gasteiger partial charge is 0.308 e. The van der Waals surface area contributed by atoms with Crippen LogP contribution in [-0.2, 0) is 0 Å². The monoisotopic (exact) mass is 266 g/mol. The van der Waals surface area contributed by atoms with E-state index in [1.165, 1.54) is 9.77 Å². The normalized spacial score (nSPS) is 24.1. The number of thiophene rings is 1. The van der Waals surface area contributed by atoms with E-state index in [1.54, 1.807) is 0 Å². The van der Waals surface area contributed by atoms with Gasteiger partial charge < -0.3 is 5.32 Å². The highest BCUT2D eigenvalue weighted by molar-refractivity contribution is 8.01. The molecular weight excluding hydrogens is 248 g/mol. The van der Waals surface area contributed by atoms with E-state index in [-0.39, 0.29) is 5.41 Å². The maximum atomic E-state index is 9.04. The molecular formula is C13H18N2S2. The van der Waals surface area contributed by atoms with Gasteiger partial charge in [-0.05, 0) is 37.3 Å². The van der Waals surface area contributed by atoms with Crippen LogP contribution in [0.25, 0.3) is 0 Å². The summed E-state index contributed by atoms with van der Waals surface area (Å²) in [6.07, 6.45) is 1.15. The van der Waals surface area contributed by atoms with Crippen molar-refractivity contribution in [3.63, 3.8) is 0 Å². The third-order valence-electron chi connectivity index (χ3n) is 3.00. The van der Waals surface area contributed by atoms with Gasteiger partial charge in [-0.1, -0.05) is 6.92 Å². The van der Waals surface area contributed by atoms with Gasteiger partial charge in [0, 0.05) is 17.8 Å². The van der Waals surface area contributed by atoms with E-state index in [2.05, 4.69) is 29.8 Å². The van der Waals surface area contributed by atoms with Gasteiger partial charge in [0.05, 0.1) is 15.7 Å². The predicted octanol–water partition coefficient (Wildman–Crippen LogP) is 3.81. The third-order valence-corrected chi connectivity index (χ3v) is 5.35. The number of hydrogen-bond donors (Lipinski definition) is 1. The Balaban J connectivity index is 2.06. The quantitative estimate of drug-likeness (QED) is 0.903. The van der Waals surface area contributed by atoms with Gasteiger partial charge in [-0.3, -0.25) is 0 Å². The van der Waals surface area contributed by atoms with Crippen molar-refractivity contribution in [3.8, 4) is 6.07 Å². The van der Waals surface area contributed by atoms with E-state index in [0.717, 1.165) is 13.0 Å². The fraction of sp³-hybridized carbons (Fsp3) is 0.615. The topological polar surface area (TPSA) is 35.8 Å². The predicted molar refractivity (Wildman–Crippen MR) is 74.4 cm³/mol. The van der Waals surface area contributed by atoms with Crippen LogP contribution in [0.5, 0.6) is 0 Å². The molecule has 1 aliphatic heterocycles. The van der Waals surface area contributed by atoms with Crippen LogP contribution >= 0.6 is 23.1 Å². The minimum absolute atomic E-state index is 0.288. The first-order valence-electron chi connectivity index (χ1n) is 5.90. The molecule has 0 amide bonds. The summed E-state index contributed by atoms with van der Waals surface area (Å²) >= 11 is 3.80. The van der Waals surface area contributed by atoms with E-state index in [0.29, 0.717) is 11.3 Å². The number of rotatable bonds is 3. The average molecular weight is 266 g/mol. The summed E-state index contributed by atoms with van der Waals surface area (Å²) in [7, 11) is 0. The molecule has 0 spiro atoms. The Kier molecular flexibility index (Phi) is 3.82. The van der Waals surface area contributed by atoms with Crippen LogP contribution in [0.4, 0.5) is 0 Å². The maximum Gasteiger partial charge on any atom is 0.0697 e. The van der Waals surface area contributed by atoms with Crippen molar-refractivity contribution < 1.29 is 0 Å². The second kappa shape index (κ2) is 5.01. The van der Waals surface area contributed by atoms with E-state index in [9.17, 15) is 0 Å². The van der Waals surface area contributed by atoms with Gasteiger partial charge in [0.25, 0.3) is 0 Å². The molecule has 2 atom stereocenters. The van der Waals surface area contributed by atoms with Crippen LogP contribution in [0.15, 0.2) is 15.7 Å². The lowest BCUT2D eigenvalue weighted by Crippen LogP contribution is -2.33. The summed E-state index contributed by atoms with van der Waals surface area (Å²) in [5, 5.41) is 15.4. The van der Waals surface area contributed by atoms with Crippen LogP contribution < -0.4 is 5.32 Å². The van der Waals surface area contributed by atoms with Crippen LogP contribution in [0.2, 0.25) is 0 Å². The Morgan fingerprint density at radius 2 is 2.35 bits per heavy atom. The number of nitrogens with zero attached hydrogens (tertiary/aromatic N) is 1. The molecule has 17 heavy (non-hydrogen) atoms. The minimum Gasteiger partial charge on any atom is -0.308 e. The van der Waals surface area contributed by atoms with Gasteiger partial charge >= 0.3 is 0 Å². The highest BCUT2D eigenvalue weighted by Crippen LogP contribution is 2.43. The first-order valence-corrected chi connectivity index (χ1v) is 7.66. The molecule has 0 bridgehead atoms. The summed E-state index contributed by atoms with van der Waals surface area (Å²) in [5.41, 5.74) is 1.14. The summed E-state index contributed by atoms with van der Waals surface area (Å²) in [6.45, 7) is 6.99. The molecule has 0 aliphatic carbocycles. The lowest BCUT2D eigenvalue weighted by molar-refractivity contribution is 0.388. The summed E-state index contributed by atoms with van der Waals surface area (Å²) in [5.74, 6) is 0. The minimum atomic E-state index is -0.288. The molecule has 0 aromatic carbocycles. The van der Waals surface area contributed by atoms with E-state index < -0.39 is 0 Å². The maximum absolute atomic E-state index is 9.04. The van der Waals surface area contributed by atoms with Gasteiger partial charge in [-0.25, -0.2) is 0 Å². The van der Waals surface area contributed by atoms with Gasteiger partial charge in [0.1, 0.15) is 0 Å². The van der Waals surface area contributed by atoms with Crippen LogP contribution in [-0.4, -0.2) is 11.8 Å². The van der Waals surface area contributed by atoms with Crippen molar-refractivity contribution in [3.05, 3.63) is 17.0 Å². The Bertz CT molecular complexity index is 431. The lowest BCUT2D eigenvalue weighted by Gasteiger charge is -2.29. The SMILES string of the molecule is C[C@H]1CC(NCC(C)(C)C#N)c2ccsc2S1. The first kappa shape index (κ1) is 12.9. The number of hydrogen-bond acceptors (Lipinski definition) is 4. The number of nitriles is 1. The zero-order valence-electron chi connectivity index (χ0n) is 10.5. The van der Waals surface area contributed by atoms with E-state index in [1.807, 2.05) is 36.9 Å². The molecule has 1 aromatic heterocycles. The van der Waals surface area contributed by atoms with Gasteiger partial charge in [0.15, 0.2) is 0 Å². The van der Waals surface area contributed by atoms with Crippen molar-refractivity contribution in [1.82, 2.24) is 5.32 Å². The molecule has 2 nitrogen and oxygen atoms in total. The van der Waals surface area contributed by atoms with Gasteiger partial charge in [-0.2, -0.15) is 5.26 Å². The molecule has 1 aliphatic rings. The van der Waals surface area contributed by atoms with Crippen molar-refractivity contribution in [1.29, 1.82) is 5.26 Å². The molecule has 92 valence electrons. The van der Waals surface area contributed by atoms with Crippen LogP contribution in [0.3, 0.4) is 0 Å². The highest BCUT2D eigenvalue weighted by Gasteiger charge is 2.27. The standard InChI is InChI=1S/C13H18N2S2/c1-9-6-11(15-8-13(2,3)7-14)10-4-5-16-12(10)17-9/h4-5,9,11,15H,6,8H2,1-3H3/t9-,11?/m0/s1. The third kappa shape index (κ3) is 3.04. The molecule has 1 N–H and O–H groups in total. The van der Waals surface area contributed by atoms with Crippen LogP contribution in [0.1, 0.15) is 38.8 Å². The van der Waals surface area contributed by atoms with E-state index in [4.69, 9.17) is 5.26 Å². The van der Waals surface area contributed by atoms with Crippen molar-refractivity contribution >= 4 is 23.1 Å². The molecule has 0 saturated carbocycles. The molecule has 0 radical (unpaired) electrons. The molecule has 0 fully saturated rings. The number of nitrogens with one attached hydrogen (secondary N) is 1. The Hall–Kier alpha value is -0.500. The second-order valence-electron chi connectivity index (χ2n) is 5.26. The molecule has 2 rings (SSSR count). The highest BCUT2D eigenvalue weighted by atomic mass is 32.2. The van der Waals surface area contributed by atoms with Crippen molar-refractivity contribution in [2.75, 3.05) is 6.54 Å². The summed E-state index contributed by atoms with van der Waals surface area (Å²) in [4.78, 5) is 0. The average Bonchev–Trinajstić information content (AvgIpc) is 2.73. The zero-order valence-corrected chi connectivity index (χ0v) is 12.1. The smallest absolute Gasteiger partial charge is 0.0697 e.